The zero-order valence-electron chi connectivity index (χ0n) is 6.95. The maximum absolute atomic E-state index is 11.3. The van der Waals surface area contributed by atoms with Crippen molar-refractivity contribution in [2.45, 2.75) is 0 Å². The molecule has 0 aliphatic rings. The highest BCUT2D eigenvalue weighted by Crippen LogP contribution is 1.99. The van der Waals surface area contributed by atoms with Gasteiger partial charge in [-0.3, -0.25) is 4.79 Å². The molecule has 0 saturated heterocycles. The van der Waals surface area contributed by atoms with Crippen LogP contribution in [0.3, 0.4) is 0 Å². The molecule has 1 aromatic carbocycles. The molecule has 0 heterocycles. The Kier molecular flexibility index (Phi) is 3.08. The van der Waals surface area contributed by atoms with E-state index in [4.69, 9.17) is 0 Å². The second-order valence-corrected chi connectivity index (χ2v) is 2.35. The Morgan fingerprint density at radius 1 is 1.33 bits per heavy atom. The van der Waals surface area contributed by atoms with Gasteiger partial charge < -0.3 is 5.32 Å². The molecule has 1 N–H and O–H groups in total. The minimum absolute atomic E-state index is 0.0185. The normalized spacial score (nSPS) is 10.1. The Labute approximate surface area is 71.9 Å². The van der Waals surface area contributed by atoms with Gasteiger partial charge in [-0.15, -0.1) is 0 Å². The lowest BCUT2D eigenvalue weighted by Crippen LogP contribution is -1.97. The topological polar surface area (TPSA) is 29.1 Å². The van der Waals surface area contributed by atoms with Gasteiger partial charge in [0.1, 0.15) is 0 Å². The van der Waals surface area contributed by atoms with Crippen LogP contribution in [-0.2, 0) is 0 Å². The van der Waals surface area contributed by atoms with Crippen LogP contribution in [0.25, 0.3) is 0 Å². The van der Waals surface area contributed by atoms with E-state index in [9.17, 15) is 4.79 Å². The summed E-state index contributed by atoms with van der Waals surface area (Å²) in [6.07, 6.45) is 3.13. The van der Waals surface area contributed by atoms with Crippen LogP contribution in [0.15, 0.2) is 42.6 Å². The molecule has 0 aliphatic carbocycles. The van der Waals surface area contributed by atoms with Crippen molar-refractivity contribution in [1.29, 1.82) is 0 Å². The monoisotopic (exact) mass is 161 g/mol. The predicted octanol–water partition coefficient (Wildman–Crippen LogP) is 1.60. The summed E-state index contributed by atoms with van der Waals surface area (Å²) >= 11 is 0. The SMILES string of the molecule is CN/C=C\C(=O)c1ccccc1. The van der Waals surface area contributed by atoms with Crippen molar-refractivity contribution < 1.29 is 4.79 Å². The lowest BCUT2D eigenvalue weighted by atomic mass is 10.1. The lowest BCUT2D eigenvalue weighted by Gasteiger charge is -1.92. The summed E-state index contributed by atoms with van der Waals surface area (Å²) in [6.45, 7) is 0. The summed E-state index contributed by atoms with van der Waals surface area (Å²) in [5.74, 6) is 0.0185. The molecule has 62 valence electrons. The van der Waals surface area contributed by atoms with Gasteiger partial charge in [0.2, 0.25) is 0 Å². The molecule has 2 heteroatoms. The van der Waals surface area contributed by atoms with E-state index in [0.717, 1.165) is 0 Å². The predicted molar refractivity (Wildman–Crippen MR) is 49.0 cm³/mol. The lowest BCUT2D eigenvalue weighted by molar-refractivity contribution is 0.104. The van der Waals surface area contributed by atoms with Crippen molar-refractivity contribution in [2.24, 2.45) is 0 Å². The maximum atomic E-state index is 11.3. The number of ketones is 1. The zero-order valence-corrected chi connectivity index (χ0v) is 6.95. The molecule has 1 rings (SSSR count). The van der Waals surface area contributed by atoms with Crippen molar-refractivity contribution >= 4 is 5.78 Å². The second-order valence-electron chi connectivity index (χ2n) is 2.35. The Morgan fingerprint density at radius 2 is 2.00 bits per heavy atom. The second kappa shape index (κ2) is 4.34. The standard InChI is InChI=1S/C10H11NO/c1-11-8-7-10(12)9-5-3-2-4-6-9/h2-8,11H,1H3/b8-7-. The van der Waals surface area contributed by atoms with Gasteiger partial charge in [-0.25, -0.2) is 0 Å². The molecule has 0 unspecified atom stereocenters. The van der Waals surface area contributed by atoms with E-state index >= 15 is 0 Å². The van der Waals surface area contributed by atoms with E-state index in [1.165, 1.54) is 6.08 Å². The van der Waals surface area contributed by atoms with Gasteiger partial charge in [-0.1, -0.05) is 30.3 Å². The van der Waals surface area contributed by atoms with Crippen LogP contribution in [-0.4, -0.2) is 12.8 Å². The van der Waals surface area contributed by atoms with E-state index < -0.39 is 0 Å². The third kappa shape index (κ3) is 2.23. The molecule has 0 aliphatic heterocycles. The van der Waals surface area contributed by atoms with Gasteiger partial charge in [0.05, 0.1) is 0 Å². The van der Waals surface area contributed by atoms with Crippen molar-refractivity contribution in [1.82, 2.24) is 5.32 Å². The molecule has 2 nitrogen and oxygen atoms in total. The molecule has 1 aromatic rings. The average Bonchev–Trinajstić information content (AvgIpc) is 2.15. The number of hydrogen-bond acceptors (Lipinski definition) is 2. The smallest absolute Gasteiger partial charge is 0.187 e. The first kappa shape index (κ1) is 8.53. The van der Waals surface area contributed by atoms with Gasteiger partial charge in [-0.2, -0.15) is 0 Å². The van der Waals surface area contributed by atoms with E-state index in [1.807, 2.05) is 18.2 Å². The molecule has 0 spiro atoms. The number of rotatable bonds is 3. The molecule has 0 amide bonds. The number of benzene rings is 1. The van der Waals surface area contributed by atoms with Crippen LogP contribution in [0.2, 0.25) is 0 Å². The Hall–Kier alpha value is -1.57. The first-order valence-electron chi connectivity index (χ1n) is 3.78. The van der Waals surface area contributed by atoms with Crippen LogP contribution in [0, 0.1) is 0 Å². The minimum atomic E-state index is 0.0185. The van der Waals surface area contributed by atoms with Crippen molar-refractivity contribution in [3.8, 4) is 0 Å². The fourth-order valence-corrected chi connectivity index (χ4v) is 0.858. The Bertz CT molecular complexity index is 277. The number of allylic oxidation sites excluding steroid dienone is 1. The van der Waals surface area contributed by atoms with Gasteiger partial charge in [0.25, 0.3) is 0 Å². The number of nitrogens with one attached hydrogen (secondary N) is 1. The van der Waals surface area contributed by atoms with E-state index in [-0.39, 0.29) is 5.78 Å². The first-order chi connectivity index (χ1) is 5.84. The quantitative estimate of drug-likeness (QED) is 0.539. The first-order valence-corrected chi connectivity index (χ1v) is 3.78. The Morgan fingerprint density at radius 3 is 2.58 bits per heavy atom. The van der Waals surface area contributed by atoms with Gasteiger partial charge in [0, 0.05) is 24.9 Å². The summed E-state index contributed by atoms with van der Waals surface area (Å²) in [5.41, 5.74) is 0.712. The molecule has 0 atom stereocenters. The minimum Gasteiger partial charge on any atom is -0.394 e. The fraction of sp³-hybridized carbons (Fsp3) is 0.100. The Balaban J connectivity index is 2.72. The van der Waals surface area contributed by atoms with E-state index in [0.29, 0.717) is 5.56 Å². The largest absolute Gasteiger partial charge is 0.394 e. The highest BCUT2D eigenvalue weighted by Gasteiger charge is 1.97. The molecular weight excluding hydrogens is 150 g/mol. The third-order valence-corrected chi connectivity index (χ3v) is 1.46. The summed E-state index contributed by atoms with van der Waals surface area (Å²) in [4.78, 5) is 11.3. The average molecular weight is 161 g/mol. The van der Waals surface area contributed by atoms with Gasteiger partial charge in [-0.05, 0) is 0 Å². The highest BCUT2D eigenvalue weighted by atomic mass is 16.1. The zero-order chi connectivity index (χ0) is 8.81. The molecular formula is C10H11NO. The van der Waals surface area contributed by atoms with Gasteiger partial charge in [0.15, 0.2) is 5.78 Å². The van der Waals surface area contributed by atoms with Crippen molar-refractivity contribution in [3.05, 3.63) is 48.2 Å². The molecule has 0 bridgehead atoms. The van der Waals surface area contributed by atoms with Crippen LogP contribution < -0.4 is 5.32 Å². The summed E-state index contributed by atoms with van der Waals surface area (Å²) < 4.78 is 0. The maximum Gasteiger partial charge on any atom is 0.187 e. The molecule has 0 fully saturated rings. The van der Waals surface area contributed by atoms with Crippen LogP contribution in [0.5, 0.6) is 0 Å². The number of hydrogen-bond donors (Lipinski definition) is 1. The van der Waals surface area contributed by atoms with Crippen LogP contribution in [0.4, 0.5) is 0 Å². The summed E-state index contributed by atoms with van der Waals surface area (Å²) in [7, 11) is 1.76. The molecule has 0 aromatic heterocycles. The van der Waals surface area contributed by atoms with Crippen LogP contribution in [0.1, 0.15) is 10.4 Å². The van der Waals surface area contributed by atoms with E-state index in [1.54, 1.807) is 25.4 Å². The summed E-state index contributed by atoms with van der Waals surface area (Å²) in [5, 5.41) is 2.77. The number of carbonyl (C=O) groups excluding carboxylic acids is 1. The molecule has 0 radical (unpaired) electrons. The van der Waals surface area contributed by atoms with Gasteiger partial charge >= 0.3 is 0 Å². The fourth-order valence-electron chi connectivity index (χ4n) is 0.858. The van der Waals surface area contributed by atoms with Crippen LogP contribution >= 0.6 is 0 Å². The number of carbonyl (C=O) groups is 1. The highest BCUT2D eigenvalue weighted by molar-refractivity contribution is 6.04. The third-order valence-electron chi connectivity index (χ3n) is 1.46. The molecule has 0 saturated carbocycles. The summed E-state index contributed by atoms with van der Waals surface area (Å²) in [6, 6.07) is 9.17. The van der Waals surface area contributed by atoms with E-state index in [2.05, 4.69) is 5.32 Å². The van der Waals surface area contributed by atoms with Crippen molar-refractivity contribution in [2.75, 3.05) is 7.05 Å². The van der Waals surface area contributed by atoms with Crippen molar-refractivity contribution in [3.63, 3.8) is 0 Å². The molecule has 12 heavy (non-hydrogen) atoms.